The van der Waals surface area contributed by atoms with Crippen LogP contribution in [0.1, 0.15) is 23.1 Å². The lowest BCUT2D eigenvalue weighted by molar-refractivity contribution is -0.123. The third kappa shape index (κ3) is 4.34. The zero-order chi connectivity index (χ0) is 27.1. The van der Waals surface area contributed by atoms with Crippen molar-refractivity contribution >= 4 is 46.4 Å². The molecule has 2 fully saturated rings. The number of amides is 2. The number of cyclic esters (lactones) is 1. The lowest BCUT2D eigenvalue weighted by atomic mass is 10.0. The number of rotatable bonds is 5. The highest BCUT2D eigenvalue weighted by Crippen LogP contribution is 2.32. The summed E-state index contributed by atoms with van der Waals surface area (Å²) < 4.78 is 12.5. The molecule has 0 saturated carbocycles. The number of fused-ring (bicyclic) bond motifs is 2. The molecule has 2 aliphatic heterocycles. The molecule has 2 saturated heterocycles. The van der Waals surface area contributed by atoms with E-state index in [0.717, 1.165) is 58.0 Å². The molecule has 3 aromatic heterocycles. The number of hydrogen-bond acceptors (Lipinski definition) is 8. The van der Waals surface area contributed by atoms with Gasteiger partial charge in [0.15, 0.2) is 5.65 Å². The minimum Gasteiger partial charge on any atom is -0.431 e. The standard InChI is InChI=1S/C30H24N6O4/c37-29-27(40-30(38)34-29)21-7-5-20(6-8-21)26-24(12-11-22-10-9-19-3-1-2-4-23(19)32-22)33-28-25(13-14-31-36(26)28)35-15-17-39-18-16-35/h1-14,27H,15-18H2,(H,34,37,38)/b12-11+. The zero-order valence-electron chi connectivity index (χ0n) is 21.4. The highest BCUT2D eigenvalue weighted by atomic mass is 16.6. The summed E-state index contributed by atoms with van der Waals surface area (Å²) >= 11 is 0. The molecule has 2 aromatic carbocycles. The van der Waals surface area contributed by atoms with Gasteiger partial charge in [0.1, 0.15) is 5.69 Å². The van der Waals surface area contributed by atoms with E-state index in [4.69, 9.17) is 19.4 Å². The van der Waals surface area contributed by atoms with Crippen LogP contribution in [0.5, 0.6) is 0 Å². The van der Waals surface area contributed by atoms with Crippen LogP contribution >= 0.6 is 0 Å². The van der Waals surface area contributed by atoms with Crippen LogP contribution in [-0.2, 0) is 14.3 Å². The number of ether oxygens (including phenoxy) is 2. The number of carbonyl (C=O) groups is 2. The van der Waals surface area contributed by atoms with Crippen molar-refractivity contribution < 1.29 is 19.1 Å². The van der Waals surface area contributed by atoms with Crippen LogP contribution in [-0.4, -0.2) is 57.9 Å². The topological polar surface area (TPSA) is 111 Å². The number of hydrogen-bond donors (Lipinski definition) is 1. The number of nitrogens with one attached hydrogen (secondary N) is 1. The summed E-state index contributed by atoms with van der Waals surface area (Å²) in [5, 5.41) is 7.91. The monoisotopic (exact) mass is 532 g/mol. The van der Waals surface area contributed by atoms with Gasteiger partial charge < -0.3 is 14.4 Å². The summed E-state index contributed by atoms with van der Waals surface area (Å²) in [6, 6.07) is 21.3. The Hall–Kier alpha value is -5.09. The molecule has 2 amide bonds. The number of alkyl carbamates (subject to hydrolysis) is 1. The van der Waals surface area contributed by atoms with Gasteiger partial charge in [-0.05, 0) is 30.4 Å². The van der Waals surface area contributed by atoms with Crippen LogP contribution in [0.15, 0.2) is 72.9 Å². The molecule has 0 radical (unpaired) electrons. The Morgan fingerprint density at radius 2 is 1.73 bits per heavy atom. The third-order valence-electron chi connectivity index (χ3n) is 7.08. The minimum absolute atomic E-state index is 0.476. The fourth-order valence-corrected chi connectivity index (χ4v) is 5.12. The summed E-state index contributed by atoms with van der Waals surface area (Å²) in [7, 11) is 0. The molecular formula is C30H24N6O4. The smallest absolute Gasteiger partial charge is 0.415 e. The molecule has 198 valence electrons. The Bertz CT molecular complexity index is 1790. The predicted octanol–water partition coefficient (Wildman–Crippen LogP) is 4.26. The van der Waals surface area contributed by atoms with Gasteiger partial charge in [-0.15, -0.1) is 0 Å². The fourth-order valence-electron chi connectivity index (χ4n) is 5.12. The van der Waals surface area contributed by atoms with Crippen molar-refractivity contribution in [2.75, 3.05) is 31.2 Å². The van der Waals surface area contributed by atoms with Crippen molar-refractivity contribution in [1.82, 2.24) is 24.9 Å². The van der Waals surface area contributed by atoms with E-state index in [0.29, 0.717) is 18.8 Å². The van der Waals surface area contributed by atoms with Crippen LogP contribution < -0.4 is 10.2 Å². The van der Waals surface area contributed by atoms with Crippen LogP contribution in [0.25, 0.3) is 40.0 Å². The molecule has 0 spiro atoms. The van der Waals surface area contributed by atoms with Crippen LogP contribution in [0.2, 0.25) is 0 Å². The van der Waals surface area contributed by atoms with E-state index in [9.17, 15) is 9.59 Å². The van der Waals surface area contributed by atoms with Gasteiger partial charge in [0.25, 0.3) is 5.91 Å². The first-order chi connectivity index (χ1) is 19.6. The molecule has 40 heavy (non-hydrogen) atoms. The molecule has 2 aliphatic rings. The molecule has 1 N–H and O–H groups in total. The Labute approximate surface area is 228 Å². The molecule has 10 nitrogen and oxygen atoms in total. The highest BCUT2D eigenvalue weighted by Gasteiger charge is 2.33. The van der Waals surface area contributed by atoms with Gasteiger partial charge >= 0.3 is 6.09 Å². The third-order valence-corrected chi connectivity index (χ3v) is 7.08. The maximum Gasteiger partial charge on any atom is 0.415 e. The second-order valence-corrected chi connectivity index (χ2v) is 9.56. The number of nitrogens with zero attached hydrogens (tertiary/aromatic N) is 5. The summed E-state index contributed by atoms with van der Waals surface area (Å²) in [6.07, 6.45) is 3.97. The summed E-state index contributed by atoms with van der Waals surface area (Å²) in [4.78, 5) is 35.7. The maximum absolute atomic E-state index is 12.1. The van der Waals surface area contributed by atoms with Gasteiger partial charge in [-0.25, -0.2) is 19.3 Å². The molecule has 5 heterocycles. The van der Waals surface area contributed by atoms with Gasteiger partial charge in [0.05, 0.1) is 42.0 Å². The second-order valence-electron chi connectivity index (χ2n) is 9.56. The van der Waals surface area contributed by atoms with Crippen LogP contribution in [0.4, 0.5) is 10.5 Å². The van der Waals surface area contributed by atoms with Crippen LogP contribution in [0, 0.1) is 0 Å². The van der Waals surface area contributed by atoms with Crippen molar-refractivity contribution in [2.45, 2.75) is 6.10 Å². The highest BCUT2D eigenvalue weighted by molar-refractivity contribution is 6.00. The average Bonchev–Trinajstić information content (AvgIpc) is 3.55. The molecule has 10 heteroatoms. The number of morpholine rings is 1. The number of carbonyl (C=O) groups excluding carboxylic acids is 2. The molecule has 7 rings (SSSR count). The minimum atomic E-state index is -0.965. The number of benzene rings is 2. The maximum atomic E-state index is 12.1. The van der Waals surface area contributed by atoms with Gasteiger partial charge in [-0.2, -0.15) is 5.10 Å². The molecule has 1 atom stereocenters. The summed E-state index contributed by atoms with van der Waals surface area (Å²) in [6.45, 7) is 2.85. The van der Waals surface area contributed by atoms with E-state index < -0.39 is 18.1 Å². The SMILES string of the molecule is O=C1NC(=O)C(c2ccc(-c3c(/C=C/c4ccc5ccccc5n4)nc4c(N5CCOCC5)ccnn34)cc2)O1. The fraction of sp³-hybridized carbons (Fsp3) is 0.167. The largest absolute Gasteiger partial charge is 0.431 e. The molecule has 0 bridgehead atoms. The van der Waals surface area contributed by atoms with E-state index >= 15 is 0 Å². The molecule has 0 aliphatic carbocycles. The summed E-state index contributed by atoms with van der Waals surface area (Å²) in [5.41, 5.74) is 6.39. The van der Waals surface area contributed by atoms with E-state index in [1.165, 1.54) is 0 Å². The number of anilines is 1. The predicted molar refractivity (Wildman–Crippen MR) is 149 cm³/mol. The van der Waals surface area contributed by atoms with Crippen molar-refractivity contribution in [3.05, 3.63) is 89.9 Å². The molecule has 1 unspecified atom stereocenters. The van der Waals surface area contributed by atoms with Crippen molar-refractivity contribution in [2.24, 2.45) is 0 Å². The normalized spacial score (nSPS) is 17.6. The second kappa shape index (κ2) is 9.90. The first-order valence-electron chi connectivity index (χ1n) is 13.0. The number of pyridine rings is 1. The van der Waals surface area contributed by atoms with E-state index in [2.05, 4.69) is 21.4 Å². The Balaban J connectivity index is 1.32. The van der Waals surface area contributed by atoms with Crippen molar-refractivity contribution in [1.29, 1.82) is 0 Å². The van der Waals surface area contributed by atoms with Gasteiger partial charge in [0.2, 0.25) is 6.10 Å². The Kier molecular flexibility index (Phi) is 5.94. The average molecular weight is 533 g/mol. The van der Waals surface area contributed by atoms with E-state index in [1.807, 2.05) is 65.2 Å². The zero-order valence-corrected chi connectivity index (χ0v) is 21.4. The molecule has 5 aromatic rings. The van der Waals surface area contributed by atoms with E-state index in [1.54, 1.807) is 18.3 Å². The molecular weight excluding hydrogens is 508 g/mol. The first kappa shape index (κ1) is 24.0. The van der Waals surface area contributed by atoms with Gasteiger partial charge in [0, 0.05) is 29.6 Å². The number of aromatic nitrogens is 4. The lowest BCUT2D eigenvalue weighted by Gasteiger charge is -2.28. The van der Waals surface area contributed by atoms with Crippen LogP contribution in [0.3, 0.4) is 0 Å². The number of imidazole rings is 1. The van der Waals surface area contributed by atoms with E-state index in [-0.39, 0.29) is 0 Å². The first-order valence-corrected chi connectivity index (χ1v) is 13.0. The van der Waals surface area contributed by atoms with Crippen molar-refractivity contribution in [3.63, 3.8) is 0 Å². The summed E-state index contributed by atoms with van der Waals surface area (Å²) in [5.74, 6) is -0.476. The van der Waals surface area contributed by atoms with Gasteiger partial charge in [-0.1, -0.05) is 48.5 Å². The Morgan fingerprint density at radius 1 is 0.900 bits per heavy atom. The van der Waals surface area contributed by atoms with Crippen molar-refractivity contribution in [3.8, 4) is 11.3 Å². The quantitative estimate of drug-likeness (QED) is 0.358. The number of para-hydroxylation sites is 1. The number of imide groups is 1. The lowest BCUT2D eigenvalue weighted by Crippen LogP contribution is -2.36. The Morgan fingerprint density at radius 3 is 2.52 bits per heavy atom. The van der Waals surface area contributed by atoms with Gasteiger partial charge in [-0.3, -0.25) is 10.1 Å².